The number of fused-ring (bicyclic) bond motifs is 2. The number of rotatable bonds is 1. The molecule has 4 nitrogen and oxygen atoms in total. The minimum atomic E-state index is -0.628. The summed E-state index contributed by atoms with van der Waals surface area (Å²) in [7, 11) is 0. The summed E-state index contributed by atoms with van der Waals surface area (Å²) >= 11 is 6.80. The Bertz CT molecular complexity index is 1070. The highest BCUT2D eigenvalue weighted by atomic mass is 79.9. The quantitative estimate of drug-likeness (QED) is 0.483. The number of para-hydroxylation sites is 1. The molecule has 4 rings (SSSR count). The van der Waals surface area contributed by atoms with Gasteiger partial charge in [0, 0.05) is 21.6 Å². The van der Waals surface area contributed by atoms with E-state index in [0.717, 1.165) is 22.1 Å². The maximum Gasteiger partial charge on any atom is 0.349 e. The lowest BCUT2D eigenvalue weighted by atomic mass is 10.1. The van der Waals surface area contributed by atoms with Gasteiger partial charge in [-0.25, -0.2) is 4.79 Å². The molecule has 0 N–H and O–H groups in total. The molecule has 1 aromatic heterocycles. The number of amides is 1. The van der Waals surface area contributed by atoms with Crippen molar-refractivity contribution in [3.63, 3.8) is 0 Å². The van der Waals surface area contributed by atoms with Crippen molar-refractivity contribution in [1.29, 1.82) is 0 Å². The van der Waals surface area contributed by atoms with Crippen LogP contribution in [0.3, 0.4) is 0 Å². The predicted molar refractivity (Wildman–Crippen MR) is 104 cm³/mol. The van der Waals surface area contributed by atoms with Gasteiger partial charge in [0.15, 0.2) is 5.58 Å². The van der Waals surface area contributed by atoms with Crippen molar-refractivity contribution in [2.24, 2.45) is 0 Å². The lowest BCUT2D eigenvalue weighted by molar-refractivity contribution is 0.0978. The molecule has 1 aliphatic heterocycles. The SMILES string of the molecule is CC1Cc2ccccc2N1C(=O)c1cc2cc(Br)cc(Br)c2oc1=O. The van der Waals surface area contributed by atoms with Crippen LogP contribution in [0.5, 0.6) is 0 Å². The topological polar surface area (TPSA) is 50.5 Å². The van der Waals surface area contributed by atoms with Gasteiger partial charge in [-0.05, 0) is 59.1 Å². The molecule has 1 atom stereocenters. The maximum atomic E-state index is 13.1. The zero-order valence-electron chi connectivity index (χ0n) is 13.3. The average Bonchev–Trinajstić information content (AvgIpc) is 2.90. The Labute approximate surface area is 160 Å². The van der Waals surface area contributed by atoms with Crippen molar-refractivity contribution in [1.82, 2.24) is 0 Å². The fourth-order valence-electron chi connectivity index (χ4n) is 3.31. The summed E-state index contributed by atoms with van der Waals surface area (Å²) in [5.41, 5.74) is 1.81. The summed E-state index contributed by atoms with van der Waals surface area (Å²) in [6.45, 7) is 1.98. The third-order valence-corrected chi connectivity index (χ3v) is 5.45. The van der Waals surface area contributed by atoms with E-state index in [2.05, 4.69) is 31.9 Å². The van der Waals surface area contributed by atoms with Gasteiger partial charge in [-0.2, -0.15) is 0 Å². The molecule has 0 fully saturated rings. The minimum absolute atomic E-state index is 0.00533. The molecule has 1 amide bonds. The molecule has 25 heavy (non-hydrogen) atoms. The molecule has 2 aromatic carbocycles. The van der Waals surface area contributed by atoms with E-state index in [1.54, 1.807) is 17.0 Å². The van der Waals surface area contributed by atoms with Crippen molar-refractivity contribution < 1.29 is 9.21 Å². The second kappa shape index (κ2) is 6.11. The molecule has 1 unspecified atom stereocenters. The zero-order valence-corrected chi connectivity index (χ0v) is 16.4. The maximum absolute atomic E-state index is 13.1. The number of halogens is 2. The molecule has 0 radical (unpaired) electrons. The molecule has 126 valence electrons. The molecule has 0 spiro atoms. The van der Waals surface area contributed by atoms with Crippen LogP contribution >= 0.6 is 31.9 Å². The summed E-state index contributed by atoms with van der Waals surface area (Å²) in [4.78, 5) is 27.2. The fourth-order valence-corrected chi connectivity index (χ4v) is 4.65. The second-order valence-corrected chi connectivity index (χ2v) is 7.88. The van der Waals surface area contributed by atoms with Gasteiger partial charge in [-0.15, -0.1) is 0 Å². The number of benzene rings is 2. The van der Waals surface area contributed by atoms with Gasteiger partial charge in [-0.3, -0.25) is 4.79 Å². The van der Waals surface area contributed by atoms with E-state index < -0.39 is 5.63 Å². The van der Waals surface area contributed by atoms with Crippen molar-refractivity contribution in [2.75, 3.05) is 4.90 Å². The van der Waals surface area contributed by atoms with E-state index in [1.165, 1.54) is 0 Å². The summed E-state index contributed by atoms with van der Waals surface area (Å²) in [6.07, 6.45) is 0.776. The Hall–Kier alpha value is -1.92. The highest BCUT2D eigenvalue weighted by Crippen LogP contribution is 2.33. The van der Waals surface area contributed by atoms with E-state index in [4.69, 9.17) is 4.42 Å². The predicted octanol–water partition coefficient (Wildman–Crippen LogP) is 4.91. The number of hydrogen-bond donors (Lipinski definition) is 0. The second-order valence-electron chi connectivity index (χ2n) is 6.11. The standard InChI is InChI=1S/C19H13Br2NO3/c1-10-6-11-4-2-3-5-16(11)22(10)18(23)14-8-12-7-13(20)9-15(21)17(12)25-19(14)24/h2-5,7-10H,6H2,1H3. The Morgan fingerprint density at radius 2 is 1.96 bits per heavy atom. The Balaban J connectivity index is 1.86. The lowest BCUT2D eigenvalue weighted by Crippen LogP contribution is -2.38. The van der Waals surface area contributed by atoms with Gasteiger partial charge in [0.1, 0.15) is 5.56 Å². The normalized spacial score (nSPS) is 16.3. The minimum Gasteiger partial charge on any atom is -0.421 e. The Kier molecular flexibility index (Phi) is 4.04. The van der Waals surface area contributed by atoms with Crippen LogP contribution in [0.2, 0.25) is 0 Å². The van der Waals surface area contributed by atoms with E-state index in [1.807, 2.05) is 37.3 Å². The van der Waals surface area contributed by atoms with Crippen molar-refractivity contribution >= 4 is 54.4 Å². The summed E-state index contributed by atoms with van der Waals surface area (Å²) in [5.74, 6) is -0.329. The van der Waals surface area contributed by atoms with E-state index in [0.29, 0.717) is 15.4 Å². The lowest BCUT2D eigenvalue weighted by Gasteiger charge is -2.22. The van der Waals surface area contributed by atoms with Gasteiger partial charge < -0.3 is 9.32 Å². The Morgan fingerprint density at radius 3 is 2.76 bits per heavy atom. The third kappa shape index (κ3) is 2.73. The van der Waals surface area contributed by atoms with Gasteiger partial charge in [-0.1, -0.05) is 34.1 Å². The van der Waals surface area contributed by atoms with Crippen LogP contribution in [0.1, 0.15) is 22.8 Å². The van der Waals surface area contributed by atoms with Crippen molar-refractivity contribution in [2.45, 2.75) is 19.4 Å². The first-order chi connectivity index (χ1) is 12.0. The van der Waals surface area contributed by atoms with Crippen LogP contribution in [0, 0.1) is 0 Å². The number of carbonyl (C=O) groups excluding carboxylic acids is 1. The number of anilines is 1. The van der Waals surface area contributed by atoms with Gasteiger partial charge in [0.25, 0.3) is 5.91 Å². The first kappa shape index (κ1) is 16.5. The first-order valence-electron chi connectivity index (χ1n) is 7.80. The number of nitrogens with zero attached hydrogens (tertiary/aromatic N) is 1. The molecule has 0 saturated carbocycles. The average molecular weight is 463 g/mol. The summed E-state index contributed by atoms with van der Waals surface area (Å²) in [6, 6.07) is 13.0. The highest BCUT2D eigenvalue weighted by Gasteiger charge is 2.33. The van der Waals surface area contributed by atoms with Gasteiger partial charge >= 0.3 is 5.63 Å². The highest BCUT2D eigenvalue weighted by molar-refractivity contribution is 9.11. The van der Waals surface area contributed by atoms with Crippen LogP contribution in [0.25, 0.3) is 11.0 Å². The van der Waals surface area contributed by atoms with Crippen LogP contribution in [-0.4, -0.2) is 11.9 Å². The molecule has 2 heterocycles. The van der Waals surface area contributed by atoms with Gasteiger partial charge in [0.05, 0.1) is 4.47 Å². The largest absolute Gasteiger partial charge is 0.421 e. The summed E-state index contributed by atoms with van der Waals surface area (Å²) < 4.78 is 6.90. The van der Waals surface area contributed by atoms with Crippen LogP contribution in [-0.2, 0) is 6.42 Å². The smallest absolute Gasteiger partial charge is 0.349 e. The summed E-state index contributed by atoms with van der Waals surface area (Å²) in [5, 5.41) is 0.685. The first-order valence-corrected chi connectivity index (χ1v) is 9.38. The molecule has 6 heteroatoms. The zero-order chi connectivity index (χ0) is 17.7. The fraction of sp³-hybridized carbons (Fsp3) is 0.158. The molecule has 0 bridgehead atoms. The molecule has 1 aliphatic rings. The van der Waals surface area contributed by atoms with E-state index >= 15 is 0 Å². The molecular formula is C19H13Br2NO3. The molecule has 3 aromatic rings. The van der Waals surface area contributed by atoms with Gasteiger partial charge in [0.2, 0.25) is 0 Å². The van der Waals surface area contributed by atoms with Crippen LogP contribution < -0.4 is 10.5 Å². The third-order valence-electron chi connectivity index (χ3n) is 4.41. The number of carbonyl (C=O) groups is 1. The van der Waals surface area contributed by atoms with E-state index in [-0.39, 0.29) is 17.5 Å². The molecule has 0 aliphatic carbocycles. The Morgan fingerprint density at radius 1 is 1.20 bits per heavy atom. The monoisotopic (exact) mass is 461 g/mol. The van der Waals surface area contributed by atoms with E-state index in [9.17, 15) is 9.59 Å². The number of hydrogen-bond acceptors (Lipinski definition) is 3. The molecule has 0 saturated heterocycles. The van der Waals surface area contributed by atoms with Crippen LogP contribution in [0.15, 0.2) is 60.6 Å². The van der Waals surface area contributed by atoms with Crippen LogP contribution in [0.4, 0.5) is 5.69 Å². The molecular weight excluding hydrogens is 450 g/mol. The van der Waals surface area contributed by atoms with Crippen molar-refractivity contribution in [3.05, 3.63) is 73.0 Å². The van der Waals surface area contributed by atoms with Crippen molar-refractivity contribution in [3.8, 4) is 0 Å².